The smallest absolute Gasteiger partial charge is 0.407 e. The van der Waals surface area contributed by atoms with Crippen molar-refractivity contribution in [1.29, 1.82) is 0 Å². The number of unbranched alkanes of at least 4 members (excludes halogenated alkanes) is 3. The van der Waals surface area contributed by atoms with Gasteiger partial charge in [0.1, 0.15) is 63.7 Å². The highest BCUT2D eigenvalue weighted by molar-refractivity contribution is 5.83. The van der Waals surface area contributed by atoms with Crippen LogP contribution < -0.4 is 10.6 Å². The summed E-state index contributed by atoms with van der Waals surface area (Å²) >= 11 is 0. The van der Waals surface area contributed by atoms with Crippen LogP contribution >= 0.6 is 0 Å². The van der Waals surface area contributed by atoms with Gasteiger partial charge in [-0.15, -0.1) is 0 Å². The van der Waals surface area contributed by atoms with Gasteiger partial charge in [0, 0.05) is 50.4 Å². The highest BCUT2D eigenvalue weighted by Gasteiger charge is 2.38. The molecule has 0 atom stereocenters. The highest BCUT2D eigenvalue weighted by atomic mass is 16.6. The Bertz CT molecular complexity index is 1240. The standard InChI is InChI=1S/C35H48N2O16/c1-7-27(39)47-19-34(18-46-26(6)38,20-48-28(40)8-2)24-52-32(44)36-16-14-12-13-15-17-37-33(45)53-25-35(21-49-29(41)9-3,22-50-30(42)10-4)23-51-31(43)11-5/h7-11H,1-5,12-25H2,6H3,(H,36,44)(H,37,45). The van der Waals surface area contributed by atoms with Crippen LogP contribution in [0.2, 0.25) is 0 Å². The van der Waals surface area contributed by atoms with Crippen LogP contribution in [0.4, 0.5) is 9.59 Å². The summed E-state index contributed by atoms with van der Waals surface area (Å²) in [6.45, 7) is 14.5. The van der Waals surface area contributed by atoms with E-state index in [2.05, 4.69) is 43.5 Å². The molecule has 0 rings (SSSR count). The largest absolute Gasteiger partial charge is 0.465 e. The zero-order valence-electron chi connectivity index (χ0n) is 29.9. The van der Waals surface area contributed by atoms with Crippen molar-refractivity contribution < 1.29 is 76.3 Å². The summed E-state index contributed by atoms with van der Waals surface area (Å²) in [4.78, 5) is 94.8. The minimum absolute atomic E-state index is 0.209. The second kappa shape index (κ2) is 26.8. The average Bonchev–Trinajstić information content (AvgIpc) is 3.16. The van der Waals surface area contributed by atoms with Crippen LogP contribution in [-0.2, 0) is 66.7 Å². The van der Waals surface area contributed by atoms with E-state index in [1.807, 2.05) is 0 Å². The molecule has 18 heteroatoms. The first-order chi connectivity index (χ1) is 25.2. The van der Waals surface area contributed by atoms with Gasteiger partial charge >= 0.3 is 48.0 Å². The molecule has 0 radical (unpaired) electrons. The van der Waals surface area contributed by atoms with Gasteiger partial charge in [-0.25, -0.2) is 33.6 Å². The summed E-state index contributed by atoms with van der Waals surface area (Å²) < 4.78 is 41.0. The van der Waals surface area contributed by atoms with E-state index in [1.54, 1.807) is 0 Å². The van der Waals surface area contributed by atoms with Gasteiger partial charge in [0.05, 0.1) is 0 Å². The van der Waals surface area contributed by atoms with E-state index in [1.165, 1.54) is 0 Å². The Hall–Kier alpha value is -5.94. The molecule has 0 heterocycles. The van der Waals surface area contributed by atoms with E-state index in [9.17, 15) is 38.4 Å². The number of amides is 2. The topological polar surface area (TPSA) is 234 Å². The second-order valence-corrected chi connectivity index (χ2v) is 11.3. The van der Waals surface area contributed by atoms with Crippen molar-refractivity contribution in [3.05, 3.63) is 63.3 Å². The molecule has 0 unspecified atom stereocenters. The SMILES string of the molecule is C=CC(=O)OCC(COC(C)=O)(COC(=O)C=C)COC(=O)NCCCCCCNC(=O)OCC(COC(=O)C=C)(COC(=O)C=C)COC(=O)C=C. The van der Waals surface area contributed by atoms with Gasteiger partial charge in [-0.1, -0.05) is 45.7 Å². The molecule has 0 aromatic rings. The van der Waals surface area contributed by atoms with Gasteiger partial charge in [-0.2, -0.15) is 0 Å². The Labute approximate surface area is 307 Å². The third-order valence-corrected chi connectivity index (χ3v) is 6.68. The normalized spacial score (nSPS) is 10.5. The first-order valence-electron chi connectivity index (χ1n) is 16.1. The maximum atomic E-state index is 12.4. The summed E-state index contributed by atoms with van der Waals surface area (Å²) in [5.74, 6) is -4.73. The molecule has 0 saturated carbocycles. The number of alkyl carbamates (subject to hydrolysis) is 2. The van der Waals surface area contributed by atoms with E-state index in [-0.39, 0.29) is 13.1 Å². The molecule has 0 fully saturated rings. The molecule has 53 heavy (non-hydrogen) atoms. The Kier molecular flexibility index (Phi) is 23.8. The maximum Gasteiger partial charge on any atom is 0.407 e. The molecule has 0 bridgehead atoms. The van der Waals surface area contributed by atoms with Crippen molar-refractivity contribution in [3.8, 4) is 0 Å². The fourth-order valence-corrected chi connectivity index (χ4v) is 3.69. The van der Waals surface area contributed by atoms with Crippen LogP contribution in [0, 0.1) is 10.8 Å². The van der Waals surface area contributed by atoms with Crippen LogP contribution in [0.3, 0.4) is 0 Å². The number of nitrogens with one attached hydrogen (secondary N) is 2. The quantitative estimate of drug-likeness (QED) is 0.0504. The maximum absolute atomic E-state index is 12.4. The predicted octanol–water partition coefficient (Wildman–Crippen LogP) is 2.18. The van der Waals surface area contributed by atoms with E-state index in [0.717, 1.165) is 37.3 Å². The van der Waals surface area contributed by atoms with Gasteiger partial charge in [0.25, 0.3) is 0 Å². The number of carbonyl (C=O) groups excluding carboxylic acids is 8. The van der Waals surface area contributed by atoms with Crippen molar-refractivity contribution >= 4 is 48.0 Å². The first kappa shape index (κ1) is 47.1. The molecule has 0 aliphatic heterocycles. The van der Waals surface area contributed by atoms with Gasteiger partial charge < -0.3 is 48.5 Å². The number of rotatable bonds is 28. The van der Waals surface area contributed by atoms with Gasteiger partial charge in [0.2, 0.25) is 0 Å². The number of hydrogen-bond acceptors (Lipinski definition) is 16. The molecule has 0 aliphatic carbocycles. The lowest BCUT2D eigenvalue weighted by molar-refractivity contribution is -0.162. The Morgan fingerprint density at radius 2 is 0.660 bits per heavy atom. The fraction of sp³-hybridized carbons (Fsp3) is 0.486. The average molecular weight is 753 g/mol. The van der Waals surface area contributed by atoms with Crippen molar-refractivity contribution in [2.45, 2.75) is 32.6 Å². The van der Waals surface area contributed by atoms with Crippen LogP contribution in [0.15, 0.2) is 63.3 Å². The molecule has 2 N–H and O–H groups in total. The second-order valence-electron chi connectivity index (χ2n) is 11.3. The molecule has 18 nitrogen and oxygen atoms in total. The Morgan fingerprint density at radius 3 is 0.906 bits per heavy atom. The number of ether oxygens (including phenoxy) is 8. The molecule has 0 aromatic carbocycles. The van der Waals surface area contributed by atoms with E-state index < -0.39 is 112 Å². The summed E-state index contributed by atoms with van der Waals surface area (Å²) in [7, 11) is 0. The van der Waals surface area contributed by atoms with Crippen LogP contribution in [0.5, 0.6) is 0 Å². The van der Waals surface area contributed by atoms with Crippen molar-refractivity contribution in [2.75, 3.05) is 65.9 Å². The molecule has 0 aromatic heterocycles. The lowest BCUT2D eigenvalue weighted by Gasteiger charge is -2.31. The Balaban J connectivity index is 4.92. The summed E-state index contributed by atoms with van der Waals surface area (Å²) in [6.07, 6.45) is 5.16. The van der Waals surface area contributed by atoms with Crippen LogP contribution in [0.1, 0.15) is 32.6 Å². The molecular weight excluding hydrogens is 704 g/mol. The minimum atomic E-state index is -1.47. The van der Waals surface area contributed by atoms with Gasteiger partial charge in [0.15, 0.2) is 0 Å². The predicted molar refractivity (Wildman–Crippen MR) is 184 cm³/mol. The molecular formula is C35H48N2O16. The third-order valence-electron chi connectivity index (χ3n) is 6.68. The molecule has 2 amide bonds. The van der Waals surface area contributed by atoms with Crippen molar-refractivity contribution in [1.82, 2.24) is 10.6 Å². The lowest BCUT2D eigenvalue weighted by Crippen LogP contribution is -2.44. The fourth-order valence-electron chi connectivity index (χ4n) is 3.69. The zero-order valence-corrected chi connectivity index (χ0v) is 29.9. The minimum Gasteiger partial charge on any atom is -0.465 e. The van der Waals surface area contributed by atoms with Crippen LogP contribution in [-0.4, -0.2) is 114 Å². The van der Waals surface area contributed by atoms with E-state index in [4.69, 9.17) is 37.9 Å². The Morgan fingerprint density at radius 1 is 0.415 bits per heavy atom. The number of hydrogen-bond donors (Lipinski definition) is 2. The van der Waals surface area contributed by atoms with Gasteiger partial charge in [-0.05, 0) is 12.8 Å². The summed E-state index contributed by atoms with van der Waals surface area (Å²) in [5, 5.41) is 5.11. The number of esters is 6. The van der Waals surface area contributed by atoms with Gasteiger partial charge in [-0.3, -0.25) is 4.79 Å². The van der Waals surface area contributed by atoms with Crippen molar-refractivity contribution in [2.24, 2.45) is 10.8 Å². The van der Waals surface area contributed by atoms with E-state index >= 15 is 0 Å². The molecule has 294 valence electrons. The van der Waals surface area contributed by atoms with Crippen LogP contribution in [0.25, 0.3) is 0 Å². The molecule has 0 saturated heterocycles. The summed E-state index contributed by atoms with van der Waals surface area (Å²) in [5.41, 5.74) is -2.90. The molecule has 0 aliphatic rings. The highest BCUT2D eigenvalue weighted by Crippen LogP contribution is 2.23. The summed E-state index contributed by atoms with van der Waals surface area (Å²) in [6, 6.07) is 0. The van der Waals surface area contributed by atoms with Crippen molar-refractivity contribution in [3.63, 3.8) is 0 Å². The monoisotopic (exact) mass is 752 g/mol. The van der Waals surface area contributed by atoms with E-state index in [0.29, 0.717) is 25.7 Å². The third kappa shape index (κ3) is 22.5. The first-order valence-corrected chi connectivity index (χ1v) is 16.1. The molecule has 0 spiro atoms. The lowest BCUT2D eigenvalue weighted by atomic mass is 9.92. The number of carbonyl (C=O) groups is 8. The zero-order chi connectivity index (χ0) is 40.1.